The minimum absolute atomic E-state index is 0.00210. The van der Waals surface area contributed by atoms with Gasteiger partial charge in [-0.15, -0.1) is 0 Å². The third-order valence-electron chi connectivity index (χ3n) is 9.13. The molecule has 1 saturated carbocycles. The second-order valence-electron chi connectivity index (χ2n) is 14.3. The van der Waals surface area contributed by atoms with E-state index in [0.717, 1.165) is 51.4 Å². The molecule has 1 rings (SSSR count). The average Bonchev–Trinajstić information content (AvgIpc) is 3.47. The number of carbonyl (C=O) groups is 3. The van der Waals surface area contributed by atoms with Crippen LogP contribution in [0.1, 0.15) is 123 Å². The second-order valence-corrected chi connectivity index (χ2v) is 15.7. The molecule has 0 heterocycles. The Hall–Kier alpha value is -3.22. The summed E-state index contributed by atoms with van der Waals surface area (Å²) in [6.45, 7) is 3.10. The topological polar surface area (TPSA) is 192 Å². The number of allylic oxidation sites excluding steroid dienone is 12. The summed E-state index contributed by atoms with van der Waals surface area (Å²) in [5, 5.41) is 20.7. The van der Waals surface area contributed by atoms with Gasteiger partial charge in [0.1, 0.15) is 12.4 Å². The van der Waals surface area contributed by atoms with Crippen LogP contribution in [0.15, 0.2) is 85.1 Å². The van der Waals surface area contributed by atoms with E-state index in [1.165, 1.54) is 0 Å². The Morgan fingerprint density at radius 3 is 2.00 bits per heavy atom. The van der Waals surface area contributed by atoms with Crippen molar-refractivity contribution < 1.29 is 52.6 Å². The van der Waals surface area contributed by atoms with Gasteiger partial charge in [-0.05, 0) is 70.6 Å². The molecule has 0 aliphatic heterocycles. The van der Waals surface area contributed by atoms with E-state index in [4.69, 9.17) is 24.3 Å². The molecule has 1 fully saturated rings. The quantitative estimate of drug-likeness (QED) is 0.0209. The molecular formula is C45H72NO11P. The number of rotatable bonds is 34. The molecule has 12 nitrogen and oxygen atoms in total. The number of aliphatic hydroxyl groups is 2. The summed E-state index contributed by atoms with van der Waals surface area (Å²) in [7, 11) is -4.47. The summed E-state index contributed by atoms with van der Waals surface area (Å²) in [6.07, 6.45) is 37.0. The van der Waals surface area contributed by atoms with E-state index in [0.29, 0.717) is 38.5 Å². The minimum atomic E-state index is -4.47. The van der Waals surface area contributed by atoms with Crippen LogP contribution in [0.4, 0.5) is 0 Å². The molecule has 328 valence electrons. The molecule has 0 aromatic heterocycles. The number of hydrogen-bond donors (Lipinski definition) is 4. The number of unbranched alkanes of at least 4 members (excludes halogenated alkanes) is 4. The van der Waals surface area contributed by atoms with Crippen molar-refractivity contribution in [3.05, 3.63) is 85.1 Å². The van der Waals surface area contributed by atoms with Crippen LogP contribution < -0.4 is 5.73 Å². The van der Waals surface area contributed by atoms with Gasteiger partial charge in [0, 0.05) is 37.6 Å². The van der Waals surface area contributed by atoms with E-state index in [1.807, 2.05) is 24.3 Å². The Morgan fingerprint density at radius 2 is 1.40 bits per heavy atom. The fourth-order valence-electron chi connectivity index (χ4n) is 5.94. The molecule has 0 amide bonds. The number of ether oxygens (including phenoxy) is 2. The van der Waals surface area contributed by atoms with Gasteiger partial charge >= 0.3 is 19.8 Å². The van der Waals surface area contributed by atoms with Crippen molar-refractivity contribution in [1.82, 2.24) is 0 Å². The fraction of sp³-hybridized carbons (Fsp3) is 0.622. The highest BCUT2D eigenvalue weighted by molar-refractivity contribution is 7.47. The maximum Gasteiger partial charge on any atom is 0.472 e. The molecule has 0 aromatic rings. The molecule has 6 atom stereocenters. The van der Waals surface area contributed by atoms with Gasteiger partial charge in [-0.1, -0.05) is 118 Å². The van der Waals surface area contributed by atoms with E-state index < -0.39 is 44.7 Å². The monoisotopic (exact) mass is 833 g/mol. The summed E-state index contributed by atoms with van der Waals surface area (Å²) in [6, 6.07) is 0. The van der Waals surface area contributed by atoms with Gasteiger partial charge in [-0.2, -0.15) is 0 Å². The van der Waals surface area contributed by atoms with Crippen molar-refractivity contribution in [2.24, 2.45) is 17.6 Å². The van der Waals surface area contributed by atoms with Gasteiger partial charge in [0.2, 0.25) is 0 Å². The van der Waals surface area contributed by atoms with Crippen LogP contribution in [-0.2, 0) is 37.5 Å². The molecule has 1 aliphatic carbocycles. The molecule has 1 unspecified atom stereocenters. The smallest absolute Gasteiger partial charge is 0.462 e. The van der Waals surface area contributed by atoms with Gasteiger partial charge < -0.3 is 30.3 Å². The Morgan fingerprint density at radius 1 is 0.810 bits per heavy atom. The first-order chi connectivity index (χ1) is 28.0. The predicted octanol–water partition coefficient (Wildman–Crippen LogP) is 8.64. The highest BCUT2D eigenvalue weighted by Gasteiger charge is 2.39. The van der Waals surface area contributed by atoms with Crippen molar-refractivity contribution in [2.75, 3.05) is 26.4 Å². The lowest BCUT2D eigenvalue weighted by molar-refractivity contribution is -0.161. The Labute approximate surface area is 347 Å². The number of esters is 2. The molecule has 5 N–H and O–H groups in total. The lowest BCUT2D eigenvalue weighted by Crippen LogP contribution is -2.29. The van der Waals surface area contributed by atoms with Crippen LogP contribution in [0.5, 0.6) is 0 Å². The van der Waals surface area contributed by atoms with E-state index in [9.17, 15) is 34.1 Å². The zero-order chi connectivity index (χ0) is 42.7. The first-order valence-corrected chi connectivity index (χ1v) is 22.7. The standard InChI is InChI=1S/C45H72NO11P/c1-3-5-7-8-9-10-11-12-13-14-15-16-17-18-19-20-25-29-44(50)54-36-39(37-56-58(52,53)55-34-33-46)57-45(51)30-26-22-21-24-28-40-41(43(49)35-42(40)48)32-31-38(47)27-23-6-4-2/h5,7,9-10,12-13,15-16,18-19,21,24,31-32,38-41,43,47,49H,3-4,6,8,11,14,17,20,22-23,25-30,33-37,46H2,1-2H3,(H,52,53)/b7-5-,10-9-,13-12-,16-15-,19-18-,24-21-,32-31+/t38-,39+,40+,41+,43+/m0/s1. The number of aliphatic hydroxyl groups excluding tert-OH is 2. The molecule has 13 heteroatoms. The lowest BCUT2D eigenvalue weighted by atomic mass is 9.90. The molecule has 0 spiro atoms. The largest absolute Gasteiger partial charge is 0.472 e. The highest BCUT2D eigenvalue weighted by atomic mass is 31.2. The maximum absolute atomic E-state index is 12.7. The van der Waals surface area contributed by atoms with Crippen molar-refractivity contribution in [3.63, 3.8) is 0 Å². The van der Waals surface area contributed by atoms with Crippen molar-refractivity contribution in [3.8, 4) is 0 Å². The highest BCUT2D eigenvalue weighted by Crippen LogP contribution is 2.43. The first kappa shape index (κ1) is 52.8. The minimum Gasteiger partial charge on any atom is -0.462 e. The molecule has 58 heavy (non-hydrogen) atoms. The molecule has 1 aliphatic rings. The fourth-order valence-corrected chi connectivity index (χ4v) is 6.71. The predicted molar refractivity (Wildman–Crippen MR) is 229 cm³/mol. The van der Waals surface area contributed by atoms with Crippen LogP contribution in [0, 0.1) is 11.8 Å². The summed E-state index contributed by atoms with van der Waals surface area (Å²) in [4.78, 5) is 47.5. The van der Waals surface area contributed by atoms with E-state index in [1.54, 1.807) is 12.2 Å². The molecule has 0 bridgehead atoms. The van der Waals surface area contributed by atoms with Crippen LogP contribution in [0.25, 0.3) is 0 Å². The number of hydrogen-bond acceptors (Lipinski definition) is 11. The Bertz CT molecular complexity index is 1390. The third-order valence-corrected chi connectivity index (χ3v) is 10.1. The number of nitrogens with two attached hydrogens (primary N) is 1. The average molecular weight is 834 g/mol. The number of phosphoric ester groups is 1. The van der Waals surface area contributed by atoms with Crippen LogP contribution >= 0.6 is 7.82 Å². The van der Waals surface area contributed by atoms with Crippen molar-refractivity contribution in [2.45, 2.75) is 141 Å². The third kappa shape index (κ3) is 28.2. The van der Waals surface area contributed by atoms with Gasteiger partial charge in [-0.3, -0.25) is 23.4 Å². The van der Waals surface area contributed by atoms with Crippen LogP contribution in [0.3, 0.4) is 0 Å². The molecule has 0 radical (unpaired) electrons. The molecule has 0 saturated heterocycles. The van der Waals surface area contributed by atoms with Crippen molar-refractivity contribution in [1.29, 1.82) is 0 Å². The maximum atomic E-state index is 12.7. The van der Waals surface area contributed by atoms with E-state index in [-0.39, 0.29) is 56.6 Å². The van der Waals surface area contributed by atoms with Gasteiger partial charge in [0.25, 0.3) is 0 Å². The molecule has 0 aromatic carbocycles. The zero-order valence-electron chi connectivity index (χ0n) is 35.0. The number of ketones is 1. The Kier molecular flexibility index (Phi) is 31.5. The summed E-state index contributed by atoms with van der Waals surface area (Å²) in [5.74, 6) is -1.87. The Balaban J connectivity index is 2.48. The summed E-state index contributed by atoms with van der Waals surface area (Å²) < 4.78 is 32.6. The number of Topliss-reactive ketones (excluding diaryl/α,β-unsaturated/α-hetero) is 1. The summed E-state index contributed by atoms with van der Waals surface area (Å²) >= 11 is 0. The first-order valence-electron chi connectivity index (χ1n) is 21.2. The van der Waals surface area contributed by atoms with E-state index in [2.05, 4.69) is 62.5 Å². The second kappa shape index (κ2) is 34.6. The zero-order valence-corrected chi connectivity index (χ0v) is 35.8. The SMILES string of the molecule is CC/C=C\C/C=C\C/C=C\C/C=C\C/C=C\CCCC(=O)OC[C@H](COP(=O)(O)OCCN)OC(=O)CCC/C=C\C[C@H]1C(=O)C[C@@H](O)[C@@H]1/C=C/[C@@H](O)CCCCC. The normalized spacial score (nSPS) is 19.9. The van der Waals surface area contributed by atoms with Crippen LogP contribution in [-0.4, -0.2) is 77.5 Å². The molecular weight excluding hydrogens is 761 g/mol. The van der Waals surface area contributed by atoms with Crippen LogP contribution in [0.2, 0.25) is 0 Å². The lowest BCUT2D eigenvalue weighted by Gasteiger charge is -2.19. The van der Waals surface area contributed by atoms with Gasteiger partial charge in [-0.25, -0.2) is 4.57 Å². The van der Waals surface area contributed by atoms with Crippen molar-refractivity contribution >= 4 is 25.5 Å². The van der Waals surface area contributed by atoms with Gasteiger partial charge in [0.15, 0.2) is 6.10 Å². The summed E-state index contributed by atoms with van der Waals surface area (Å²) in [5.41, 5.74) is 5.33. The number of phosphoric acid groups is 1. The van der Waals surface area contributed by atoms with Gasteiger partial charge in [0.05, 0.1) is 25.4 Å². The number of carbonyl (C=O) groups excluding carboxylic acids is 3. The van der Waals surface area contributed by atoms with E-state index >= 15 is 0 Å².